The minimum Gasteiger partial charge on any atom is -0.382 e. The van der Waals surface area contributed by atoms with Gasteiger partial charge in [0.2, 0.25) is 10.0 Å². The van der Waals surface area contributed by atoms with E-state index in [4.69, 9.17) is 17.3 Å². The number of rotatable bonds is 3. The quantitative estimate of drug-likeness (QED) is 0.893. The summed E-state index contributed by atoms with van der Waals surface area (Å²) in [6.45, 7) is 3.56. The molecule has 1 rings (SSSR count). The van der Waals surface area contributed by atoms with E-state index >= 15 is 0 Å². The predicted octanol–water partition coefficient (Wildman–Crippen LogP) is 1.35. The van der Waals surface area contributed by atoms with Gasteiger partial charge in [0.25, 0.3) is 0 Å². The fourth-order valence-electron chi connectivity index (χ4n) is 1.02. The zero-order chi connectivity index (χ0) is 12.5. The number of nitrogen functional groups attached to an aromatic ring is 1. The summed E-state index contributed by atoms with van der Waals surface area (Å²) in [4.78, 5) is 3.77. The SMILES string of the molecule is CC(C)N(C)S(=O)(=O)c1cnc(N)c(Cl)c1. The second kappa shape index (κ2) is 4.57. The van der Waals surface area contributed by atoms with Crippen LogP contribution >= 0.6 is 11.6 Å². The molecule has 0 aromatic carbocycles. The first-order chi connectivity index (χ1) is 7.26. The largest absolute Gasteiger partial charge is 0.382 e. The van der Waals surface area contributed by atoms with Crippen LogP contribution in [0.2, 0.25) is 5.02 Å². The topological polar surface area (TPSA) is 76.3 Å². The number of nitrogens with zero attached hydrogens (tertiary/aromatic N) is 2. The summed E-state index contributed by atoms with van der Waals surface area (Å²) in [6.07, 6.45) is 1.20. The van der Waals surface area contributed by atoms with Crippen LogP contribution in [0.4, 0.5) is 5.82 Å². The minimum absolute atomic E-state index is 0.0444. The standard InChI is InChI=1S/C9H14ClN3O2S/c1-6(2)13(3)16(14,15)7-4-8(10)9(11)12-5-7/h4-6H,1-3H3,(H2,11,12). The molecule has 16 heavy (non-hydrogen) atoms. The van der Waals surface area contributed by atoms with Crippen LogP contribution in [-0.2, 0) is 10.0 Å². The first-order valence-electron chi connectivity index (χ1n) is 4.66. The van der Waals surface area contributed by atoms with Crippen LogP contribution < -0.4 is 5.73 Å². The number of aromatic nitrogens is 1. The van der Waals surface area contributed by atoms with Crippen molar-refractivity contribution in [3.05, 3.63) is 17.3 Å². The lowest BCUT2D eigenvalue weighted by atomic mass is 10.4. The number of halogens is 1. The van der Waals surface area contributed by atoms with E-state index in [-0.39, 0.29) is 21.8 Å². The summed E-state index contributed by atoms with van der Waals surface area (Å²) in [5, 5.41) is 0.137. The molecule has 5 nitrogen and oxygen atoms in total. The third kappa shape index (κ3) is 2.45. The number of sulfonamides is 1. The molecule has 0 bridgehead atoms. The molecule has 0 atom stereocenters. The van der Waals surface area contributed by atoms with E-state index in [1.54, 1.807) is 13.8 Å². The molecule has 90 valence electrons. The first-order valence-corrected chi connectivity index (χ1v) is 6.47. The summed E-state index contributed by atoms with van der Waals surface area (Å²) in [5.74, 6) is 0.118. The van der Waals surface area contributed by atoms with Gasteiger partial charge in [0.05, 0.1) is 5.02 Å². The molecule has 0 spiro atoms. The summed E-state index contributed by atoms with van der Waals surface area (Å²) < 4.78 is 25.3. The molecule has 0 fully saturated rings. The smallest absolute Gasteiger partial charge is 0.244 e. The van der Waals surface area contributed by atoms with Crippen molar-refractivity contribution in [2.45, 2.75) is 24.8 Å². The maximum atomic E-state index is 12.0. The zero-order valence-electron chi connectivity index (χ0n) is 9.31. The summed E-state index contributed by atoms with van der Waals surface area (Å²) in [6, 6.07) is 1.17. The van der Waals surface area contributed by atoms with Crippen LogP contribution in [0.15, 0.2) is 17.2 Å². The fraction of sp³-hybridized carbons (Fsp3) is 0.444. The van der Waals surface area contributed by atoms with Gasteiger partial charge in [-0.1, -0.05) is 11.6 Å². The lowest BCUT2D eigenvalue weighted by Gasteiger charge is -2.20. The van der Waals surface area contributed by atoms with Crippen LogP contribution in [0, 0.1) is 0 Å². The lowest BCUT2D eigenvalue weighted by molar-refractivity contribution is 0.410. The van der Waals surface area contributed by atoms with Gasteiger partial charge in [-0.3, -0.25) is 0 Å². The molecular formula is C9H14ClN3O2S. The third-order valence-corrected chi connectivity index (χ3v) is 4.55. The van der Waals surface area contributed by atoms with E-state index in [0.29, 0.717) is 0 Å². The van der Waals surface area contributed by atoms with E-state index in [2.05, 4.69) is 4.98 Å². The van der Waals surface area contributed by atoms with Gasteiger partial charge in [-0.15, -0.1) is 0 Å². The van der Waals surface area contributed by atoms with Gasteiger partial charge in [0, 0.05) is 19.3 Å². The number of pyridine rings is 1. The summed E-state index contributed by atoms with van der Waals surface area (Å²) >= 11 is 5.73. The first kappa shape index (κ1) is 13.2. The molecule has 0 aliphatic heterocycles. The van der Waals surface area contributed by atoms with Gasteiger partial charge in [-0.25, -0.2) is 13.4 Å². The number of anilines is 1. The molecular weight excluding hydrogens is 250 g/mol. The Kier molecular flexibility index (Phi) is 3.77. The average Bonchev–Trinajstić information content (AvgIpc) is 2.20. The van der Waals surface area contributed by atoms with Crippen molar-refractivity contribution in [1.29, 1.82) is 0 Å². The molecule has 0 amide bonds. The maximum Gasteiger partial charge on any atom is 0.244 e. The second-order valence-electron chi connectivity index (χ2n) is 3.65. The van der Waals surface area contributed by atoms with Gasteiger partial charge < -0.3 is 5.73 Å². The van der Waals surface area contributed by atoms with Gasteiger partial charge in [-0.05, 0) is 19.9 Å². The Bertz CT molecular complexity index is 488. The van der Waals surface area contributed by atoms with E-state index in [0.717, 1.165) is 0 Å². The van der Waals surface area contributed by atoms with Crippen LogP contribution in [0.5, 0.6) is 0 Å². The van der Waals surface area contributed by atoms with Crippen molar-refractivity contribution in [3.8, 4) is 0 Å². The monoisotopic (exact) mass is 263 g/mol. The average molecular weight is 264 g/mol. The molecule has 0 saturated carbocycles. The molecule has 0 unspecified atom stereocenters. The van der Waals surface area contributed by atoms with Crippen molar-refractivity contribution >= 4 is 27.4 Å². The lowest BCUT2D eigenvalue weighted by Crippen LogP contribution is -2.33. The highest BCUT2D eigenvalue weighted by Crippen LogP contribution is 2.22. The molecule has 1 aromatic heterocycles. The Balaban J connectivity index is 3.23. The Labute approximate surface area is 100 Å². The molecule has 0 aliphatic carbocycles. The van der Waals surface area contributed by atoms with E-state index < -0.39 is 10.0 Å². The summed E-state index contributed by atoms with van der Waals surface area (Å²) in [7, 11) is -2.04. The van der Waals surface area contributed by atoms with Crippen molar-refractivity contribution in [2.75, 3.05) is 12.8 Å². The number of hydrogen-bond donors (Lipinski definition) is 1. The van der Waals surface area contributed by atoms with Crippen molar-refractivity contribution in [2.24, 2.45) is 0 Å². The Morgan fingerprint density at radius 1 is 1.50 bits per heavy atom. The minimum atomic E-state index is -3.55. The maximum absolute atomic E-state index is 12.0. The molecule has 1 aromatic rings. The zero-order valence-corrected chi connectivity index (χ0v) is 10.9. The van der Waals surface area contributed by atoms with Crippen molar-refractivity contribution in [1.82, 2.24) is 9.29 Å². The van der Waals surface area contributed by atoms with Crippen LogP contribution in [-0.4, -0.2) is 30.8 Å². The highest BCUT2D eigenvalue weighted by Gasteiger charge is 2.23. The molecule has 7 heteroatoms. The van der Waals surface area contributed by atoms with E-state index in [9.17, 15) is 8.42 Å². The van der Waals surface area contributed by atoms with Gasteiger partial charge in [0.1, 0.15) is 10.7 Å². The van der Waals surface area contributed by atoms with Gasteiger partial charge in [-0.2, -0.15) is 4.31 Å². The van der Waals surface area contributed by atoms with Crippen LogP contribution in [0.25, 0.3) is 0 Å². The molecule has 0 saturated heterocycles. The molecule has 0 aliphatic rings. The van der Waals surface area contributed by atoms with E-state index in [1.165, 1.54) is 23.6 Å². The van der Waals surface area contributed by atoms with Crippen molar-refractivity contribution < 1.29 is 8.42 Å². The Morgan fingerprint density at radius 2 is 2.06 bits per heavy atom. The Hall–Kier alpha value is -0.850. The van der Waals surface area contributed by atoms with Gasteiger partial charge >= 0.3 is 0 Å². The predicted molar refractivity (Wildman–Crippen MR) is 63.7 cm³/mol. The highest BCUT2D eigenvalue weighted by atomic mass is 35.5. The Morgan fingerprint density at radius 3 is 2.50 bits per heavy atom. The summed E-state index contributed by atoms with van der Waals surface area (Å²) in [5.41, 5.74) is 5.42. The third-order valence-electron chi connectivity index (χ3n) is 2.25. The number of nitrogens with two attached hydrogens (primary N) is 1. The molecule has 0 radical (unpaired) electrons. The molecule has 2 N–H and O–H groups in total. The van der Waals surface area contributed by atoms with E-state index in [1.807, 2.05) is 0 Å². The van der Waals surface area contributed by atoms with Gasteiger partial charge in [0.15, 0.2) is 0 Å². The van der Waals surface area contributed by atoms with Crippen LogP contribution in [0.3, 0.4) is 0 Å². The fourth-order valence-corrected chi connectivity index (χ4v) is 2.59. The number of hydrogen-bond acceptors (Lipinski definition) is 4. The van der Waals surface area contributed by atoms with Crippen LogP contribution in [0.1, 0.15) is 13.8 Å². The molecule has 1 heterocycles. The second-order valence-corrected chi connectivity index (χ2v) is 6.06. The normalized spacial score (nSPS) is 12.4. The van der Waals surface area contributed by atoms with Crippen molar-refractivity contribution in [3.63, 3.8) is 0 Å². The highest BCUT2D eigenvalue weighted by molar-refractivity contribution is 7.89.